The van der Waals surface area contributed by atoms with Gasteiger partial charge >= 0.3 is 6.03 Å². The summed E-state index contributed by atoms with van der Waals surface area (Å²) in [6.45, 7) is 0. The highest BCUT2D eigenvalue weighted by atomic mass is 16.3. The van der Waals surface area contributed by atoms with Crippen molar-refractivity contribution in [2.75, 3.05) is 16.8 Å². The number of benzene rings is 2. The molecule has 0 saturated heterocycles. The monoisotopic (exact) mass is 254 g/mol. The molecule has 1 unspecified atom stereocenters. The molecule has 3 rings (SSSR count). The van der Waals surface area contributed by atoms with Gasteiger partial charge in [0.15, 0.2) is 6.23 Å². The number of urea groups is 1. The molecule has 4 heteroatoms. The maximum Gasteiger partial charge on any atom is 0.331 e. The fourth-order valence-corrected chi connectivity index (χ4v) is 2.36. The number of para-hydroxylation sites is 2. The molecular weight excluding hydrogens is 240 g/mol. The summed E-state index contributed by atoms with van der Waals surface area (Å²) in [7, 11) is 1.71. The molecule has 19 heavy (non-hydrogen) atoms. The van der Waals surface area contributed by atoms with Gasteiger partial charge in [-0.05, 0) is 18.2 Å². The normalized spacial score (nSPS) is 18.4. The number of anilines is 2. The largest absolute Gasteiger partial charge is 0.369 e. The van der Waals surface area contributed by atoms with E-state index in [0.717, 1.165) is 11.3 Å². The maximum absolute atomic E-state index is 12.4. The Morgan fingerprint density at radius 1 is 1.00 bits per heavy atom. The Morgan fingerprint density at radius 3 is 2.37 bits per heavy atom. The molecule has 1 N–H and O–H groups in total. The van der Waals surface area contributed by atoms with Crippen LogP contribution in [0.1, 0.15) is 11.8 Å². The molecule has 0 fully saturated rings. The van der Waals surface area contributed by atoms with E-state index in [1.165, 1.54) is 4.90 Å². The lowest BCUT2D eigenvalue weighted by atomic mass is 10.1. The van der Waals surface area contributed by atoms with Crippen LogP contribution in [0.4, 0.5) is 16.2 Å². The van der Waals surface area contributed by atoms with Gasteiger partial charge in [0.05, 0.1) is 5.69 Å². The Bertz CT molecular complexity index is 613. The van der Waals surface area contributed by atoms with Gasteiger partial charge in [0.25, 0.3) is 0 Å². The fraction of sp³-hybridized carbons (Fsp3) is 0.133. The van der Waals surface area contributed by atoms with E-state index in [-0.39, 0.29) is 6.03 Å². The maximum atomic E-state index is 12.4. The van der Waals surface area contributed by atoms with E-state index in [9.17, 15) is 9.90 Å². The average Bonchev–Trinajstić information content (AvgIpc) is 2.46. The summed E-state index contributed by atoms with van der Waals surface area (Å²) >= 11 is 0. The molecule has 4 nitrogen and oxygen atoms in total. The van der Waals surface area contributed by atoms with Crippen LogP contribution in [0.25, 0.3) is 0 Å². The predicted octanol–water partition coefficient (Wildman–Crippen LogP) is 2.75. The van der Waals surface area contributed by atoms with Crippen molar-refractivity contribution in [1.82, 2.24) is 0 Å². The summed E-state index contributed by atoms with van der Waals surface area (Å²) in [4.78, 5) is 15.3. The van der Waals surface area contributed by atoms with Gasteiger partial charge in [-0.1, -0.05) is 36.4 Å². The van der Waals surface area contributed by atoms with Crippen LogP contribution in [-0.2, 0) is 0 Å². The van der Waals surface area contributed by atoms with Crippen molar-refractivity contribution in [1.29, 1.82) is 0 Å². The van der Waals surface area contributed by atoms with E-state index < -0.39 is 6.23 Å². The van der Waals surface area contributed by atoms with Gasteiger partial charge in [0, 0.05) is 18.3 Å². The molecule has 0 spiro atoms. The average molecular weight is 254 g/mol. The van der Waals surface area contributed by atoms with Crippen LogP contribution >= 0.6 is 0 Å². The molecular formula is C15H14N2O2. The van der Waals surface area contributed by atoms with Gasteiger partial charge in [-0.3, -0.25) is 9.80 Å². The van der Waals surface area contributed by atoms with Crippen LogP contribution < -0.4 is 9.80 Å². The van der Waals surface area contributed by atoms with Crippen molar-refractivity contribution in [3.05, 3.63) is 60.2 Å². The lowest BCUT2D eigenvalue weighted by molar-refractivity contribution is 0.167. The first-order valence-electron chi connectivity index (χ1n) is 6.09. The minimum atomic E-state index is -0.956. The highest BCUT2D eigenvalue weighted by molar-refractivity contribution is 6.06. The first-order chi connectivity index (χ1) is 9.20. The van der Waals surface area contributed by atoms with Gasteiger partial charge in [0.1, 0.15) is 0 Å². The van der Waals surface area contributed by atoms with E-state index in [1.54, 1.807) is 11.9 Å². The first-order valence-corrected chi connectivity index (χ1v) is 6.09. The number of rotatable bonds is 1. The quantitative estimate of drug-likeness (QED) is 0.850. The third-order valence-electron chi connectivity index (χ3n) is 3.35. The predicted molar refractivity (Wildman–Crippen MR) is 74.1 cm³/mol. The molecule has 2 amide bonds. The smallest absolute Gasteiger partial charge is 0.331 e. The highest BCUT2D eigenvalue weighted by Gasteiger charge is 2.35. The third-order valence-corrected chi connectivity index (χ3v) is 3.35. The Kier molecular flexibility index (Phi) is 2.72. The van der Waals surface area contributed by atoms with E-state index in [4.69, 9.17) is 0 Å². The molecule has 0 radical (unpaired) electrons. The zero-order chi connectivity index (χ0) is 13.4. The van der Waals surface area contributed by atoms with Crippen molar-refractivity contribution in [2.45, 2.75) is 6.23 Å². The fourth-order valence-electron chi connectivity index (χ4n) is 2.36. The van der Waals surface area contributed by atoms with Gasteiger partial charge in [0.2, 0.25) is 0 Å². The van der Waals surface area contributed by atoms with Crippen molar-refractivity contribution in [2.24, 2.45) is 0 Å². The Labute approximate surface area is 111 Å². The van der Waals surface area contributed by atoms with Crippen LogP contribution in [0.5, 0.6) is 0 Å². The second-order valence-corrected chi connectivity index (χ2v) is 4.48. The third kappa shape index (κ3) is 1.77. The summed E-state index contributed by atoms with van der Waals surface area (Å²) in [6.07, 6.45) is -0.956. The van der Waals surface area contributed by atoms with E-state index >= 15 is 0 Å². The molecule has 2 aromatic carbocycles. The second-order valence-electron chi connectivity index (χ2n) is 4.48. The number of aliphatic hydroxyl groups is 1. The number of carbonyl (C=O) groups excluding carboxylic acids is 1. The highest BCUT2D eigenvalue weighted by Crippen LogP contribution is 2.36. The lowest BCUT2D eigenvalue weighted by Gasteiger charge is -2.38. The molecule has 0 bridgehead atoms. The number of amides is 2. The zero-order valence-corrected chi connectivity index (χ0v) is 10.5. The van der Waals surface area contributed by atoms with Crippen LogP contribution in [-0.4, -0.2) is 18.2 Å². The number of carbonyl (C=O) groups is 1. The molecule has 0 aromatic heterocycles. The summed E-state index contributed by atoms with van der Waals surface area (Å²) in [5, 5.41) is 10.4. The van der Waals surface area contributed by atoms with Crippen molar-refractivity contribution in [3.8, 4) is 0 Å². The van der Waals surface area contributed by atoms with Crippen LogP contribution in [0.3, 0.4) is 0 Å². The van der Waals surface area contributed by atoms with E-state index in [1.807, 2.05) is 54.6 Å². The first kappa shape index (κ1) is 11.7. The van der Waals surface area contributed by atoms with Gasteiger partial charge < -0.3 is 5.11 Å². The molecule has 1 atom stereocenters. The minimum absolute atomic E-state index is 0.239. The SMILES string of the molecule is CN1C(=O)N(c2ccccc2)C(O)c2ccccc21. The minimum Gasteiger partial charge on any atom is -0.369 e. The van der Waals surface area contributed by atoms with Crippen molar-refractivity contribution < 1.29 is 9.90 Å². The second kappa shape index (κ2) is 4.40. The summed E-state index contributed by atoms with van der Waals surface area (Å²) < 4.78 is 0. The Balaban J connectivity index is 2.12. The molecule has 96 valence electrons. The van der Waals surface area contributed by atoms with Gasteiger partial charge in [-0.2, -0.15) is 0 Å². The van der Waals surface area contributed by atoms with E-state index in [0.29, 0.717) is 5.69 Å². The number of hydrogen-bond donors (Lipinski definition) is 1. The molecule has 1 aliphatic heterocycles. The number of hydrogen-bond acceptors (Lipinski definition) is 2. The molecule has 0 aliphatic carbocycles. The zero-order valence-electron chi connectivity index (χ0n) is 10.5. The number of fused-ring (bicyclic) bond motifs is 1. The molecule has 0 saturated carbocycles. The van der Waals surface area contributed by atoms with Gasteiger partial charge in [-0.25, -0.2) is 4.79 Å². The van der Waals surface area contributed by atoms with Gasteiger partial charge in [-0.15, -0.1) is 0 Å². The summed E-state index contributed by atoms with van der Waals surface area (Å²) in [5.74, 6) is 0. The molecule has 1 heterocycles. The summed E-state index contributed by atoms with van der Waals surface area (Å²) in [5.41, 5.74) is 2.15. The molecule has 2 aromatic rings. The summed E-state index contributed by atoms with van der Waals surface area (Å²) in [6, 6.07) is 16.3. The Hall–Kier alpha value is -2.33. The standard InChI is InChI=1S/C15H14N2O2/c1-16-13-10-6-5-9-12(13)14(18)17(15(16)19)11-7-3-2-4-8-11/h2-10,14,18H,1H3. The van der Waals surface area contributed by atoms with Crippen molar-refractivity contribution in [3.63, 3.8) is 0 Å². The van der Waals surface area contributed by atoms with Crippen molar-refractivity contribution >= 4 is 17.4 Å². The van der Waals surface area contributed by atoms with E-state index in [2.05, 4.69) is 0 Å². The van der Waals surface area contributed by atoms with Crippen LogP contribution in [0.2, 0.25) is 0 Å². The molecule has 1 aliphatic rings. The number of aliphatic hydroxyl groups excluding tert-OH is 1. The van der Waals surface area contributed by atoms with Crippen LogP contribution in [0.15, 0.2) is 54.6 Å². The topological polar surface area (TPSA) is 43.8 Å². The Morgan fingerprint density at radius 2 is 1.63 bits per heavy atom. The lowest BCUT2D eigenvalue weighted by Crippen LogP contribution is -2.48. The number of nitrogens with zero attached hydrogens (tertiary/aromatic N) is 2. The van der Waals surface area contributed by atoms with Crippen LogP contribution in [0, 0.1) is 0 Å².